The van der Waals surface area contributed by atoms with Gasteiger partial charge in [-0.15, -0.1) is 0 Å². The third-order valence-electron chi connectivity index (χ3n) is 14.4. The van der Waals surface area contributed by atoms with Crippen molar-refractivity contribution in [3.05, 3.63) is 264 Å². The van der Waals surface area contributed by atoms with Crippen LogP contribution in [0, 0.1) is 0 Å². The summed E-state index contributed by atoms with van der Waals surface area (Å²) < 4.78 is 0. The average Bonchev–Trinajstić information content (AvgIpc) is 3.92. The Morgan fingerprint density at radius 2 is 0.750 bits per heavy atom. The van der Waals surface area contributed by atoms with Crippen LogP contribution in [0.4, 0.5) is 34.1 Å². The summed E-state index contributed by atoms with van der Waals surface area (Å²) in [7, 11) is 0. The van der Waals surface area contributed by atoms with Crippen molar-refractivity contribution in [1.82, 2.24) is 0 Å². The van der Waals surface area contributed by atoms with Crippen molar-refractivity contribution in [3.8, 4) is 33.4 Å². The first-order chi connectivity index (χ1) is 31.6. The largest absolute Gasteiger partial charge is 0.310 e. The zero-order chi connectivity index (χ0) is 42.6. The lowest BCUT2D eigenvalue weighted by Gasteiger charge is -2.35. The number of benzene rings is 10. The second-order valence-electron chi connectivity index (χ2n) is 18.0. The summed E-state index contributed by atoms with van der Waals surface area (Å²) in [5, 5.41) is 2.48. The summed E-state index contributed by atoms with van der Waals surface area (Å²) >= 11 is 0. The van der Waals surface area contributed by atoms with E-state index in [0.29, 0.717) is 0 Å². The molecule has 2 heteroatoms. The first kappa shape index (κ1) is 36.7. The van der Waals surface area contributed by atoms with Crippen LogP contribution in [0.15, 0.2) is 231 Å². The van der Waals surface area contributed by atoms with E-state index in [1.54, 1.807) is 0 Å². The van der Waals surface area contributed by atoms with Crippen LogP contribution in [0.5, 0.6) is 0 Å². The Morgan fingerprint density at radius 1 is 0.297 bits per heavy atom. The molecule has 0 N–H and O–H groups in total. The number of anilines is 6. The fourth-order valence-electron chi connectivity index (χ4n) is 11.9. The van der Waals surface area contributed by atoms with Gasteiger partial charge >= 0.3 is 0 Å². The minimum Gasteiger partial charge on any atom is -0.310 e. The number of rotatable bonds is 6. The second-order valence-corrected chi connectivity index (χ2v) is 18.0. The van der Waals surface area contributed by atoms with Crippen LogP contribution >= 0.6 is 0 Å². The molecular formula is C62H44N2. The highest BCUT2D eigenvalue weighted by Gasteiger charge is 2.53. The van der Waals surface area contributed by atoms with E-state index in [1.807, 2.05) is 0 Å². The second kappa shape index (κ2) is 13.8. The van der Waals surface area contributed by atoms with E-state index in [-0.39, 0.29) is 5.41 Å². The van der Waals surface area contributed by atoms with E-state index in [4.69, 9.17) is 0 Å². The molecule has 1 unspecified atom stereocenters. The summed E-state index contributed by atoms with van der Waals surface area (Å²) in [6, 6.07) is 85.7. The molecule has 10 aromatic carbocycles. The number of hydrogen-bond acceptors (Lipinski definition) is 2. The molecule has 0 amide bonds. The molecule has 13 rings (SSSR count). The molecule has 0 saturated heterocycles. The van der Waals surface area contributed by atoms with Crippen molar-refractivity contribution < 1.29 is 0 Å². The van der Waals surface area contributed by atoms with E-state index in [1.165, 1.54) is 88.9 Å². The third-order valence-corrected chi connectivity index (χ3v) is 14.4. The molecule has 0 bridgehead atoms. The molecule has 2 nitrogen and oxygen atoms in total. The first-order valence-corrected chi connectivity index (χ1v) is 22.4. The van der Waals surface area contributed by atoms with Gasteiger partial charge in [0.05, 0.1) is 22.5 Å². The Labute approximate surface area is 375 Å². The number of hydrogen-bond donors (Lipinski definition) is 0. The maximum absolute atomic E-state index is 2.56. The van der Waals surface area contributed by atoms with E-state index in [9.17, 15) is 0 Å². The highest BCUT2D eigenvalue weighted by Crippen LogP contribution is 2.67. The Bertz CT molecular complexity index is 3440. The van der Waals surface area contributed by atoms with Crippen LogP contribution in [-0.2, 0) is 10.8 Å². The molecule has 0 radical (unpaired) electrons. The third kappa shape index (κ3) is 4.91. The van der Waals surface area contributed by atoms with Gasteiger partial charge < -0.3 is 9.80 Å². The van der Waals surface area contributed by atoms with Crippen LogP contribution < -0.4 is 9.80 Å². The van der Waals surface area contributed by atoms with Gasteiger partial charge in [-0.05, 0) is 121 Å². The van der Waals surface area contributed by atoms with Crippen molar-refractivity contribution in [1.29, 1.82) is 0 Å². The van der Waals surface area contributed by atoms with Crippen LogP contribution in [0.25, 0.3) is 44.2 Å². The van der Waals surface area contributed by atoms with E-state index in [2.05, 4.69) is 254 Å². The minimum absolute atomic E-state index is 0.212. The van der Waals surface area contributed by atoms with Gasteiger partial charge in [-0.25, -0.2) is 0 Å². The molecule has 3 aliphatic rings. The molecule has 1 spiro atoms. The molecule has 0 fully saturated rings. The molecule has 0 saturated carbocycles. The van der Waals surface area contributed by atoms with Crippen LogP contribution in [-0.4, -0.2) is 0 Å². The van der Waals surface area contributed by atoms with Crippen LogP contribution in [0.1, 0.15) is 47.2 Å². The van der Waals surface area contributed by atoms with Crippen molar-refractivity contribution in [2.24, 2.45) is 0 Å². The molecule has 64 heavy (non-hydrogen) atoms. The fraction of sp³-hybridized carbons (Fsp3) is 0.0645. The molecule has 10 aromatic rings. The average molecular weight is 817 g/mol. The SMILES string of the molecule is CC1(C)c2ccccc2-c2cccc(N(c3ccccc3)c3cccc4c3-c3ccccc3C43c4ccccc4-c4c3cc(N(c3ccccc3)c3ccccc3)c3ccccc43)c21. The Morgan fingerprint density at radius 3 is 1.39 bits per heavy atom. The predicted molar refractivity (Wildman–Crippen MR) is 267 cm³/mol. The standard InChI is InChI=1S/C62H44N2/c1-61(2)50-34-17-14-28-44(50)47-33-20-39-56(60(47)61)64(43-26-10-5-11-27-43)55-38-21-37-53-59(55)49-32-16-19-36-52(49)62(53)51-35-18-15-31-48(51)58-46-30-13-12-29-45(46)57(40-54(58)62)63(41-22-6-3-7-23-41)42-24-8-4-9-25-42/h3-40H,1-2H3. The Kier molecular flexibility index (Phi) is 7.90. The fourth-order valence-corrected chi connectivity index (χ4v) is 11.9. The summed E-state index contributed by atoms with van der Waals surface area (Å²) in [5.41, 5.74) is 21.9. The van der Waals surface area contributed by atoms with Gasteiger partial charge in [0.2, 0.25) is 0 Å². The molecule has 1 atom stereocenters. The molecule has 0 aliphatic heterocycles. The first-order valence-electron chi connectivity index (χ1n) is 22.4. The molecular weight excluding hydrogens is 773 g/mol. The highest BCUT2D eigenvalue weighted by atomic mass is 15.2. The summed E-state index contributed by atoms with van der Waals surface area (Å²) in [4.78, 5) is 5.01. The van der Waals surface area contributed by atoms with Crippen LogP contribution in [0.3, 0.4) is 0 Å². The highest BCUT2D eigenvalue weighted by molar-refractivity contribution is 6.13. The maximum Gasteiger partial charge on any atom is 0.0727 e. The number of nitrogens with zero attached hydrogens (tertiary/aromatic N) is 2. The van der Waals surface area contributed by atoms with Gasteiger partial charge in [-0.1, -0.05) is 190 Å². The monoisotopic (exact) mass is 816 g/mol. The topological polar surface area (TPSA) is 6.48 Å². The predicted octanol–water partition coefficient (Wildman–Crippen LogP) is 16.4. The minimum atomic E-state index is -0.595. The van der Waals surface area contributed by atoms with Gasteiger partial charge in [-0.3, -0.25) is 0 Å². The van der Waals surface area contributed by atoms with Crippen molar-refractivity contribution in [2.75, 3.05) is 9.80 Å². The Balaban J connectivity index is 1.14. The number of para-hydroxylation sites is 3. The van der Waals surface area contributed by atoms with E-state index >= 15 is 0 Å². The van der Waals surface area contributed by atoms with Gasteiger partial charge in [0.1, 0.15) is 0 Å². The molecule has 302 valence electrons. The van der Waals surface area contributed by atoms with E-state index in [0.717, 1.165) is 22.7 Å². The van der Waals surface area contributed by atoms with Gasteiger partial charge in [0.15, 0.2) is 0 Å². The van der Waals surface area contributed by atoms with Crippen LogP contribution in [0.2, 0.25) is 0 Å². The normalized spacial score (nSPS) is 15.5. The van der Waals surface area contributed by atoms with Crippen molar-refractivity contribution in [3.63, 3.8) is 0 Å². The maximum atomic E-state index is 2.56. The molecule has 0 heterocycles. The Hall–Kier alpha value is -7.94. The van der Waals surface area contributed by atoms with Crippen molar-refractivity contribution >= 4 is 44.9 Å². The summed E-state index contributed by atoms with van der Waals surface area (Å²) in [5.74, 6) is 0. The lowest BCUT2D eigenvalue weighted by Crippen LogP contribution is -2.26. The van der Waals surface area contributed by atoms with Gasteiger partial charge in [0, 0.05) is 33.4 Å². The lowest BCUT2D eigenvalue weighted by atomic mass is 9.70. The van der Waals surface area contributed by atoms with Gasteiger partial charge in [-0.2, -0.15) is 0 Å². The van der Waals surface area contributed by atoms with Gasteiger partial charge in [0.25, 0.3) is 0 Å². The smallest absolute Gasteiger partial charge is 0.0727 e. The zero-order valence-electron chi connectivity index (χ0n) is 35.8. The summed E-state index contributed by atoms with van der Waals surface area (Å²) in [6.45, 7) is 4.79. The summed E-state index contributed by atoms with van der Waals surface area (Å²) in [6.07, 6.45) is 0. The zero-order valence-corrected chi connectivity index (χ0v) is 35.8. The van der Waals surface area contributed by atoms with Crippen molar-refractivity contribution in [2.45, 2.75) is 24.7 Å². The quantitative estimate of drug-likeness (QED) is 0.165. The number of fused-ring (bicyclic) bond motifs is 15. The lowest BCUT2D eigenvalue weighted by molar-refractivity contribution is 0.661. The van der Waals surface area contributed by atoms with E-state index < -0.39 is 5.41 Å². The molecule has 0 aromatic heterocycles. The molecule has 3 aliphatic carbocycles.